The van der Waals surface area contributed by atoms with Crippen LogP contribution in [0.15, 0.2) is 36.7 Å². The molecule has 0 aliphatic rings. The zero-order valence-electron chi connectivity index (χ0n) is 13.2. The Kier molecular flexibility index (Phi) is 10.3. The molecular formula is C16H24Cl2N4O. The summed E-state index contributed by atoms with van der Waals surface area (Å²) in [6.07, 6.45) is 6.40. The van der Waals surface area contributed by atoms with Crippen molar-refractivity contribution >= 4 is 36.4 Å². The van der Waals surface area contributed by atoms with E-state index in [4.69, 9.17) is 5.73 Å². The Morgan fingerprint density at radius 3 is 2.83 bits per heavy atom. The number of aryl methyl sites for hydroxylation is 1. The number of imidazole rings is 1. The van der Waals surface area contributed by atoms with Gasteiger partial charge in [-0.3, -0.25) is 4.79 Å². The van der Waals surface area contributed by atoms with Gasteiger partial charge < -0.3 is 15.6 Å². The molecular weight excluding hydrogens is 335 g/mol. The van der Waals surface area contributed by atoms with Gasteiger partial charge in [0.1, 0.15) is 5.82 Å². The molecule has 1 amide bonds. The summed E-state index contributed by atoms with van der Waals surface area (Å²) in [6, 6.07) is 7.74. The molecule has 2 rings (SSSR count). The summed E-state index contributed by atoms with van der Waals surface area (Å²) in [5.74, 6) is 0.863. The molecule has 1 aromatic carbocycles. The minimum absolute atomic E-state index is 0. The van der Waals surface area contributed by atoms with Crippen LogP contribution in [0.5, 0.6) is 0 Å². The van der Waals surface area contributed by atoms with E-state index in [0.717, 1.165) is 36.5 Å². The summed E-state index contributed by atoms with van der Waals surface area (Å²) in [5, 5.41) is 2.85. The number of nitrogens with two attached hydrogens (primary N) is 1. The lowest BCUT2D eigenvalue weighted by Gasteiger charge is -2.09. The summed E-state index contributed by atoms with van der Waals surface area (Å²) in [6.45, 7) is 3.48. The van der Waals surface area contributed by atoms with Crippen LogP contribution in [0.3, 0.4) is 0 Å². The van der Waals surface area contributed by atoms with Crippen molar-refractivity contribution in [1.82, 2.24) is 9.55 Å². The largest absolute Gasteiger partial charge is 0.331 e. The van der Waals surface area contributed by atoms with E-state index in [1.807, 2.05) is 36.7 Å². The van der Waals surface area contributed by atoms with Crippen LogP contribution in [0.1, 0.15) is 26.2 Å². The molecule has 0 atom stereocenters. The number of hydrogen-bond donors (Lipinski definition) is 2. The lowest BCUT2D eigenvalue weighted by Crippen LogP contribution is -2.16. The second kappa shape index (κ2) is 11.0. The molecule has 5 nitrogen and oxygen atoms in total. The molecule has 2 aromatic rings. The first-order chi connectivity index (χ1) is 10.2. The Morgan fingerprint density at radius 2 is 2.13 bits per heavy atom. The summed E-state index contributed by atoms with van der Waals surface area (Å²) in [7, 11) is 0. The predicted octanol–water partition coefficient (Wildman–Crippen LogP) is 3.48. The zero-order valence-corrected chi connectivity index (χ0v) is 14.8. The third kappa shape index (κ3) is 6.22. The maximum absolute atomic E-state index is 11.6. The molecule has 0 aliphatic heterocycles. The van der Waals surface area contributed by atoms with Crippen molar-refractivity contribution in [3.63, 3.8) is 0 Å². The van der Waals surface area contributed by atoms with Gasteiger partial charge in [0.25, 0.3) is 0 Å². The van der Waals surface area contributed by atoms with Gasteiger partial charge in [0.2, 0.25) is 5.91 Å². The Labute approximate surface area is 149 Å². The van der Waals surface area contributed by atoms with E-state index >= 15 is 0 Å². The van der Waals surface area contributed by atoms with Crippen molar-refractivity contribution in [1.29, 1.82) is 0 Å². The molecule has 1 aromatic heterocycles. The standard InChI is InChI=1S/C16H22N4O.2ClH/c1-2-3-10-20-11-9-18-16(20)13-5-4-6-14(12-13)19-15(21)7-8-17;;/h4-6,9,11-12H,2-3,7-8,10,17H2,1H3,(H,19,21);2*1H. The smallest absolute Gasteiger partial charge is 0.225 e. The number of unbranched alkanes of at least 4 members (excludes halogenated alkanes) is 1. The van der Waals surface area contributed by atoms with E-state index in [0.29, 0.717) is 13.0 Å². The Morgan fingerprint density at radius 1 is 1.35 bits per heavy atom. The number of halogens is 2. The molecule has 0 bridgehead atoms. The predicted molar refractivity (Wildman–Crippen MR) is 99.4 cm³/mol. The Hall–Kier alpha value is -1.56. The number of benzene rings is 1. The average Bonchev–Trinajstić information content (AvgIpc) is 2.94. The minimum Gasteiger partial charge on any atom is -0.331 e. The molecule has 0 unspecified atom stereocenters. The van der Waals surface area contributed by atoms with Gasteiger partial charge in [0.15, 0.2) is 0 Å². The van der Waals surface area contributed by atoms with Crippen molar-refractivity contribution < 1.29 is 4.79 Å². The molecule has 7 heteroatoms. The van der Waals surface area contributed by atoms with Gasteiger partial charge in [-0.05, 0) is 18.6 Å². The van der Waals surface area contributed by atoms with Crippen LogP contribution < -0.4 is 11.1 Å². The second-order valence-electron chi connectivity index (χ2n) is 4.97. The molecule has 23 heavy (non-hydrogen) atoms. The maximum atomic E-state index is 11.6. The van der Waals surface area contributed by atoms with E-state index in [-0.39, 0.29) is 30.7 Å². The van der Waals surface area contributed by atoms with Gasteiger partial charge in [-0.15, -0.1) is 24.8 Å². The summed E-state index contributed by atoms with van der Waals surface area (Å²) < 4.78 is 2.14. The number of rotatable bonds is 7. The van der Waals surface area contributed by atoms with Crippen molar-refractivity contribution in [2.45, 2.75) is 32.7 Å². The molecule has 0 fully saturated rings. The molecule has 0 radical (unpaired) electrons. The average molecular weight is 359 g/mol. The van der Waals surface area contributed by atoms with Gasteiger partial charge >= 0.3 is 0 Å². The van der Waals surface area contributed by atoms with Crippen molar-refractivity contribution in [3.05, 3.63) is 36.7 Å². The summed E-state index contributed by atoms with van der Waals surface area (Å²) >= 11 is 0. The topological polar surface area (TPSA) is 72.9 Å². The van der Waals surface area contributed by atoms with E-state index in [9.17, 15) is 4.79 Å². The zero-order chi connectivity index (χ0) is 15.1. The number of aromatic nitrogens is 2. The quantitative estimate of drug-likeness (QED) is 0.795. The first kappa shape index (κ1) is 21.4. The van der Waals surface area contributed by atoms with Gasteiger partial charge in [-0.2, -0.15) is 0 Å². The van der Waals surface area contributed by atoms with Gasteiger partial charge in [0.05, 0.1) is 0 Å². The fraction of sp³-hybridized carbons (Fsp3) is 0.375. The summed E-state index contributed by atoms with van der Waals surface area (Å²) in [5.41, 5.74) is 7.16. The van der Waals surface area contributed by atoms with Gasteiger partial charge in [-0.1, -0.05) is 25.5 Å². The van der Waals surface area contributed by atoms with Crippen LogP contribution in [0.2, 0.25) is 0 Å². The van der Waals surface area contributed by atoms with Gasteiger partial charge in [0, 0.05) is 43.2 Å². The number of carbonyl (C=O) groups is 1. The number of hydrogen-bond acceptors (Lipinski definition) is 3. The van der Waals surface area contributed by atoms with Crippen LogP contribution in [0.4, 0.5) is 5.69 Å². The van der Waals surface area contributed by atoms with E-state index in [2.05, 4.69) is 21.8 Å². The lowest BCUT2D eigenvalue weighted by atomic mass is 10.2. The highest BCUT2D eigenvalue weighted by Crippen LogP contribution is 2.21. The fourth-order valence-electron chi connectivity index (χ4n) is 2.17. The third-order valence-electron chi connectivity index (χ3n) is 3.24. The van der Waals surface area contributed by atoms with Crippen LogP contribution in [-0.2, 0) is 11.3 Å². The molecule has 0 spiro atoms. The molecule has 0 saturated carbocycles. The first-order valence-corrected chi connectivity index (χ1v) is 7.36. The number of nitrogens with zero attached hydrogens (tertiary/aromatic N) is 2. The van der Waals surface area contributed by atoms with Crippen LogP contribution in [-0.4, -0.2) is 22.0 Å². The number of anilines is 1. The number of carbonyl (C=O) groups excluding carboxylic acids is 1. The van der Waals surface area contributed by atoms with Crippen LogP contribution >= 0.6 is 24.8 Å². The minimum atomic E-state index is -0.0658. The normalized spacial score (nSPS) is 9.65. The molecule has 0 saturated heterocycles. The summed E-state index contributed by atoms with van der Waals surface area (Å²) in [4.78, 5) is 16.0. The second-order valence-corrected chi connectivity index (χ2v) is 4.97. The monoisotopic (exact) mass is 358 g/mol. The van der Waals surface area contributed by atoms with Crippen LogP contribution in [0.25, 0.3) is 11.4 Å². The molecule has 3 N–H and O–H groups in total. The van der Waals surface area contributed by atoms with E-state index < -0.39 is 0 Å². The molecule has 0 aliphatic carbocycles. The lowest BCUT2D eigenvalue weighted by molar-refractivity contribution is -0.116. The third-order valence-corrected chi connectivity index (χ3v) is 3.24. The SMILES string of the molecule is CCCCn1ccnc1-c1cccc(NC(=O)CCN)c1.Cl.Cl. The van der Waals surface area contributed by atoms with E-state index in [1.54, 1.807) is 0 Å². The first-order valence-electron chi connectivity index (χ1n) is 7.36. The number of nitrogens with one attached hydrogen (secondary N) is 1. The highest BCUT2D eigenvalue weighted by atomic mass is 35.5. The van der Waals surface area contributed by atoms with Crippen molar-refractivity contribution in [2.24, 2.45) is 5.73 Å². The van der Waals surface area contributed by atoms with Gasteiger partial charge in [-0.25, -0.2) is 4.98 Å². The van der Waals surface area contributed by atoms with Crippen molar-refractivity contribution in [2.75, 3.05) is 11.9 Å². The highest BCUT2D eigenvalue weighted by Gasteiger charge is 2.07. The fourth-order valence-corrected chi connectivity index (χ4v) is 2.17. The highest BCUT2D eigenvalue weighted by molar-refractivity contribution is 5.91. The Bertz CT molecular complexity index is 601. The molecule has 1 heterocycles. The van der Waals surface area contributed by atoms with E-state index in [1.165, 1.54) is 0 Å². The number of amides is 1. The Balaban J connectivity index is 0.00000242. The maximum Gasteiger partial charge on any atom is 0.225 e. The van der Waals surface area contributed by atoms with Crippen molar-refractivity contribution in [3.8, 4) is 11.4 Å². The van der Waals surface area contributed by atoms with Crippen LogP contribution in [0, 0.1) is 0 Å². The molecule has 128 valence electrons.